The fraction of sp³-hybridized carbons (Fsp3) is 0. The molecule has 0 unspecified atom stereocenters. The normalized spacial score (nSPS) is 11.1. The lowest BCUT2D eigenvalue weighted by Gasteiger charge is -2.36. The van der Waals surface area contributed by atoms with E-state index in [0.717, 1.165) is 38.6 Å². The van der Waals surface area contributed by atoms with Gasteiger partial charge in [0.25, 0.3) is 0 Å². The van der Waals surface area contributed by atoms with Crippen LogP contribution in [-0.2, 0) is 0 Å². The maximum absolute atomic E-state index is 10.2. The summed E-state index contributed by atoms with van der Waals surface area (Å²) in [5.74, 6) is 0. The molecule has 0 aliphatic carbocycles. The summed E-state index contributed by atoms with van der Waals surface area (Å²) in [5.41, 5.74) is 6.35. The van der Waals surface area contributed by atoms with Gasteiger partial charge in [0.15, 0.2) is 8.07 Å². The highest BCUT2D eigenvalue weighted by atomic mass is 28.3. The van der Waals surface area contributed by atoms with Crippen molar-refractivity contribution in [2.24, 2.45) is 0 Å². The van der Waals surface area contributed by atoms with Crippen LogP contribution in [0.4, 0.5) is 0 Å². The third-order valence-corrected chi connectivity index (χ3v) is 14.5. The smallest absolute Gasteiger partial charge is 0.180 e. The highest BCUT2D eigenvalue weighted by Crippen LogP contribution is 2.37. The lowest BCUT2D eigenvalue weighted by Crippen LogP contribution is -2.75. The molecule has 1 aromatic heterocycles. The minimum absolute atomic E-state index is 0.550. The summed E-state index contributed by atoms with van der Waals surface area (Å²) in [5, 5.41) is 36.6. The second-order valence-corrected chi connectivity index (χ2v) is 16.0. The van der Waals surface area contributed by atoms with E-state index in [2.05, 4.69) is 138 Å². The Morgan fingerprint density at radius 2 is 0.820 bits per heavy atom. The van der Waals surface area contributed by atoms with Gasteiger partial charge in [-0.3, -0.25) is 0 Å². The summed E-state index contributed by atoms with van der Waals surface area (Å²) in [6.07, 6.45) is 0. The Labute approximate surface area is 291 Å². The Morgan fingerprint density at radius 1 is 0.400 bits per heavy atom. The molecule has 8 aromatic rings. The lowest BCUT2D eigenvalue weighted by atomic mass is 10.0. The van der Waals surface area contributed by atoms with Crippen LogP contribution in [0.25, 0.3) is 38.6 Å². The highest BCUT2D eigenvalue weighted by molar-refractivity contribution is 7.20. The molecule has 0 N–H and O–H groups in total. The van der Waals surface area contributed by atoms with Gasteiger partial charge < -0.3 is 4.57 Å². The van der Waals surface area contributed by atoms with E-state index in [9.17, 15) is 15.8 Å². The Morgan fingerprint density at radius 3 is 1.30 bits per heavy atom. The van der Waals surface area contributed by atoms with Gasteiger partial charge in [0.2, 0.25) is 0 Å². The summed E-state index contributed by atoms with van der Waals surface area (Å²) < 4.78 is 2.21. The van der Waals surface area contributed by atoms with E-state index in [-0.39, 0.29) is 0 Å². The van der Waals surface area contributed by atoms with Crippen LogP contribution in [0.1, 0.15) is 16.7 Å². The van der Waals surface area contributed by atoms with Crippen molar-refractivity contribution in [2.45, 2.75) is 0 Å². The first-order valence-corrected chi connectivity index (χ1v) is 18.4. The molecular formula is C45H28N4Si. The molecule has 50 heavy (non-hydrogen) atoms. The van der Waals surface area contributed by atoms with Crippen LogP contribution < -0.4 is 20.7 Å². The highest BCUT2D eigenvalue weighted by Gasteiger charge is 2.43. The van der Waals surface area contributed by atoms with Crippen LogP contribution in [-0.4, -0.2) is 12.6 Å². The minimum Gasteiger partial charge on any atom is -0.309 e. The zero-order valence-electron chi connectivity index (χ0n) is 27.0. The molecule has 0 saturated carbocycles. The molecule has 1 heterocycles. The first-order chi connectivity index (χ1) is 24.7. The molecule has 232 valence electrons. The monoisotopic (exact) mass is 652 g/mol. The fourth-order valence-corrected chi connectivity index (χ4v) is 12.5. The minimum atomic E-state index is -2.96. The van der Waals surface area contributed by atoms with Gasteiger partial charge in [0.05, 0.1) is 51.6 Å². The Balaban J connectivity index is 1.52. The van der Waals surface area contributed by atoms with Crippen LogP contribution in [0, 0.1) is 34.0 Å². The number of fused-ring (bicyclic) bond motifs is 3. The summed E-state index contributed by atoms with van der Waals surface area (Å²) in [6, 6.07) is 65.3. The number of hydrogen-bond donors (Lipinski definition) is 0. The van der Waals surface area contributed by atoms with Crippen molar-refractivity contribution in [1.82, 2.24) is 4.57 Å². The zero-order chi connectivity index (χ0) is 34.1. The number of benzene rings is 7. The average molecular weight is 653 g/mol. The molecule has 0 spiro atoms. The third kappa shape index (κ3) is 4.80. The molecule has 5 heteroatoms. The Bertz CT molecular complexity index is 2510. The molecule has 0 fully saturated rings. The van der Waals surface area contributed by atoms with E-state index in [0.29, 0.717) is 16.7 Å². The van der Waals surface area contributed by atoms with E-state index >= 15 is 0 Å². The molecule has 0 bridgehead atoms. The zero-order valence-corrected chi connectivity index (χ0v) is 28.0. The second-order valence-electron chi connectivity index (χ2n) is 12.3. The number of rotatable bonds is 6. The summed E-state index contributed by atoms with van der Waals surface area (Å²) >= 11 is 0. The number of nitriles is 3. The van der Waals surface area contributed by atoms with Crippen LogP contribution in [0.15, 0.2) is 170 Å². The molecule has 4 nitrogen and oxygen atoms in total. The second kappa shape index (κ2) is 12.6. The molecule has 0 amide bonds. The van der Waals surface area contributed by atoms with Crippen molar-refractivity contribution >= 4 is 50.6 Å². The van der Waals surface area contributed by atoms with Gasteiger partial charge in [-0.15, -0.1) is 0 Å². The standard InChI is InChI=1S/C45H28N4Si/c46-29-32-20-23-42(49-43-24-21-33(30-47)27-40(43)41-28-34(31-48)22-25-44(41)49)39(26-32)38-18-10-11-19-45(38)50(35-12-4-1-5-13-35,36-14-6-2-7-15-36)37-16-8-3-9-17-37/h1-28H. The van der Waals surface area contributed by atoms with Crippen molar-refractivity contribution in [2.75, 3.05) is 0 Å². The van der Waals surface area contributed by atoms with Crippen LogP contribution in [0.5, 0.6) is 0 Å². The topological polar surface area (TPSA) is 76.3 Å². The maximum Gasteiger partial charge on any atom is 0.180 e. The average Bonchev–Trinajstić information content (AvgIpc) is 3.52. The van der Waals surface area contributed by atoms with Crippen molar-refractivity contribution < 1.29 is 0 Å². The molecule has 0 saturated heterocycles. The SMILES string of the molecule is N#Cc1ccc(-n2c3ccc(C#N)cc3c3cc(C#N)ccc32)c(-c2ccccc2[Si](c2ccccc2)(c2ccccc2)c2ccccc2)c1. The van der Waals surface area contributed by atoms with Gasteiger partial charge in [-0.2, -0.15) is 15.8 Å². The number of nitrogens with zero attached hydrogens (tertiary/aromatic N) is 4. The van der Waals surface area contributed by atoms with Crippen LogP contribution >= 0.6 is 0 Å². The summed E-state index contributed by atoms with van der Waals surface area (Å²) in [6.45, 7) is 0. The van der Waals surface area contributed by atoms with Crippen molar-refractivity contribution in [1.29, 1.82) is 15.8 Å². The van der Waals surface area contributed by atoms with Crippen molar-refractivity contribution in [3.05, 3.63) is 187 Å². The molecule has 0 aliphatic heterocycles. The van der Waals surface area contributed by atoms with Crippen molar-refractivity contribution in [3.8, 4) is 35.0 Å². The Kier molecular flexibility index (Phi) is 7.63. The van der Waals surface area contributed by atoms with Gasteiger partial charge in [0.1, 0.15) is 0 Å². The molecule has 8 rings (SSSR count). The van der Waals surface area contributed by atoms with Gasteiger partial charge in [-0.05, 0) is 80.9 Å². The fourth-order valence-electron chi connectivity index (χ4n) is 7.51. The van der Waals surface area contributed by atoms with E-state index in [4.69, 9.17) is 0 Å². The van der Waals surface area contributed by atoms with Crippen LogP contribution in [0.3, 0.4) is 0 Å². The number of hydrogen-bond acceptors (Lipinski definition) is 3. The van der Waals surface area contributed by atoms with Gasteiger partial charge >= 0.3 is 0 Å². The van der Waals surface area contributed by atoms with Crippen LogP contribution in [0.2, 0.25) is 0 Å². The summed E-state index contributed by atoms with van der Waals surface area (Å²) in [7, 11) is -2.96. The Hall–Kier alpha value is -6.97. The maximum atomic E-state index is 10.2. The molecule has 7 aromatic carbocycles. The summed E-state index contributed by atoms with van der Waals surface area (Å²) in [4.78, 5) is 0. The molecular weight excluding hydrogens is 625 g/mol. The largest absolute Gasteiger partial charge is 0.309 e. The molecule has 0 aliphatic rings. The predicted octanol–water partition coefficient (Wildman–Crippen LogP) is 7.44. The first kappa shape index (κ1) is 30.4. The van der Waals surface area contributed by atoms with E-state index in [1.807, 2.05) is 54.6 Å². The molecule has 0 radical (unpaired) electrons. The molecule has 0 atom stereocenters. The van der Waals surface area contributed by atoms with E-state index < -0.39 is 8.07 Å². The van der Waals surface area contributed by atoms with Crippen molar-refractivity contribution in [3.63, 3.8) is 0 Å². The van der Waals surface area contributed by atoms with Gasteiger partial charge in [0, 0.05) is 16.3 Å². The number of aromatic nitrogens is 1. The van der Waals surface area contributed by atoms with Gasteiger partial charge in [-0.25, -0.2) is 0 Å². The lowest BCUT2D eigenvalue weighted by molar-refractivity contribution is 1.18. The predicted molar refractivity (Wildman–Crippen MR) is 204 cm³/mol. The van der Waals surface area contributed by atoms with E-state index in [1.165, 1.54) is 20.7 Å². The first-order valence-electron chi connectivity index (χ1n) is 16.4. The third-order valence-electron chi connectivity index (χ3n) is 9.63. The quantitative estimate of drug-likeness (QED) is 0.138. The van der Waals surface area contributed by atoms with Gasteiger partial charge in [-0.1, -0.05) is 115 Å². The van der Waals surface area contributed by atoms with E-state index in [1.54, 1.807) is 0 Å².